The molecule has 2 aromatic heterocycles. The zero-order valence-corrected chi connectivity index (χ0v) is 10.2. The minimum atomic E-state index is 0.313. The van der Waals surface area contributed by atoms with E-state index >= 15 is 0 Å². The van der Waals surface area contributed by atoms with Gasteiger partial charge in [-0.05, 0) is 24.1 Å². The van der Waals surface area contributed by atoms with Crippen LogP contribution in [0, 0.1) is 11.3 Å². The maximum Gasteiger partial charge on any atom is 0.232 e. The molecule has 1 N–H and O–H groups in total. The van der Waals surface area contributed by atoms with E-state index in [1.165, 1.54) is 0 Å². The van der Waals surface area contributed by atoms with Crippen molar-refractivity contribution in [2.75, 3.05) is 5.32 Å². The van der Waals surface area contributed by atoms with Crippen LogP contribution >= 0.6 is 0 Å². The molecule has 0 spiro atoms. The van der Waals surface area contributed by atoms with Crippen LogP contribution in [-0.2, 0) is 13.0 Å². The van der Waals surface area contributed by atoms with Crippen LogP contribution in [0.2, 0.25) is 0 Å². The van der Waals surface area contributed by atoms with E-state index in [4.69, 9.17) is 9.68 Å². The van der Waals surface area contributed by atoms with Crippen LogP contribution in [0.3, 0.4) is 0 Å². The van der Waals surface area contributed by atoms with Crippen LogP contribution in [0.4, 0.5) is 5.88 Å². The minimum Gasteiger partial charge on any atom is -0.424 e. The molecule has 0 unspecified atom stereocenters. The number of anilines is 1. The van der Waals surface area contributed by atoms with Crippen molar-refractivity contribution in [2.24, 2.45) is 0 Å². The summed E-state index contributed by atoms with van der Waals surface area (Å²) in [5.74, 6) is 1.05. The third kappa shape index (κ3) is 2.86. The van der Waals surface area contributed by atoms with Gasteiger partial charge in [0, 0.05) is 25.4 Å². The molecular formula is C13H14N4O. The maximum atomic E-state index is 8.97. The second-order valence-electron chi connectivity index (χ2n) is 3.86. The van der Waals surface area contributed by atoms with Crippen LogP contribution in [-0.4, -0.2) is 9.97 Å². The van der Waals surface area contributed by atoms with Gasteiger partial charge in [-0.1, -0.05) is 6.92 Å². The number of oxazole rings is 1. The number of nitrogens with one attached hydrogen (secondary N) is 1. The molecule has 2 aromatic rings. The van der Waals surface area contributed by atoms with Gasteiger partial charge in [-0.15, -0.1) is 0 Å². The molecule has 5 nitrogen and oxygen atoms in total. The molecule has 0 saturated heterocycles. The number of rotatable bonds is 5. The van der Waals surface area contributed by atoms with E-state index in [-0.39, 0.29) is 0 Å². The second kappa shape index (κ2) is 5.82. The van der Waals surface area contributed by atoms with Crippen molar-refractivity contribution in [3.63, 3.8) is 0 Å². The van der Waals surface area contributed by atoms with Crippen molar-refractivity contribution < 1.29 is 4.42 Å². The van der Waals surface area contributed by atoms with Gasteiger partial charge < -0.3 is 9.73 Å². The lowest BCUT2D eigenvalue weighted by atomic mass is 10.3. The smallest absolute Gasteiger partial charge is 0.232 e. The number of hydrogen-bond acceptors (Lipinski definition) is 5. The van der Waals surface area contributed by atoms with E-state index in [1.54, 1.807) is 12.4 Å². The molecule has 0 atom stereocenters. The highest BCUT2D eigenvalue weighted by Crippen LogP contribution is 2.18. The zero-order chi connectivity index (χ0) is 12.8. The Morgan fingerprint density at radius 3 is 2.83 bits per heavy atom. The standard InChI is InChI=1S/C13H14N4O/c1-2-3-12-17-11(8-14)13(18-12)16-9-10-4-6-15-7-5-10/h4-7,16H,2-3,9H2,1H3. The largest absolute Gasteiger partial charge is 0.424 e. The molecule has 0 aromatic carbocycles. The lowest BCUT2D eigenvalue weighted by Crippen LogP contribution is -1.99. The molecule has 92 valence electrons. The monoisotopic (exact) mass is 242 g/mol. The highest BCUT2D eigenvalue weighted by Gasteiger charge is 2.11. The molecular weight excluding hydrogens is 228 g/mol. The van der Waals surface area contributed by atoms with Crippen molar-refractivity contribution in [1.82, 2.24) is 9.97 Å². The Kier molecular flexibility index (Phi) is 3.92. The first kappa shape index (κ1) is 12.1. The number of aryl methyl sites for hydroxylation is 1. The van der Waals surface area contributed by atoms with Gasteiger partial charge in [0.25, 0.3) is 0 Å². The summed E-state index contributed by atoms with van der Waals surface area (Å²) < 4.78 is 5.51. The van der Waals surface area contributed by atoms with E-state index in [0.717, 1.165) is 18.4 Å². The summed E-state index contributed by atoms with van der Waals surface area (Å²) in [5.41, 5.74) is 1.38. The van der Waals surface area contributed by atoms with Gasteiger partial charge in [-0.25, -0.2) is 4.98 Å². The van der Waals surface area contributed by atoms with Gasteiger partial charge >= 0.3 is 0 Å². The van der Waals surface area contributed by atoms with Gasteiger partial charge in [-0.2, -0.15) is 5.26 Å². The highest BCUT2D eigenvalue weighted by atomic mass is 16.4. The number of pyridine rings is 1. The van der Waals surface area contributed by atoms with Crippen molar-refractivity contribution >= 4 is 5.88 Å². The fourth-order valence-corrected chi connectivity index (χ4v) is 1.56. The van der Waals surface area contributed by atoms with Gasteiger partial charge in [-0.3, -0.25) is 4.98 Å². The molecule has 2 heterocycles. The molecule has 0 amide bonds. The van der Waals surface area contributed by atoms with Crippen molar-refractivity contribution in [3.8, 4) is 6.07 Å². The average Bonchev–Trinajstić information content (AvgIpc) is 2.80. The van der Waals surface area contributed by atoms with E-state index in [0.29, 0.717) is 24.0 Å². The summed E-state index contributed by atoms with van der Waals surface area (Å²) in [5, 5.41) is 12.1. The van der Waals surface area contributed by atoms with E-state index < -0.39 is 0 Å². The normalized spacial score (nSPS) is 10.0. The van der Waals surface area contributed by atoms with E-state index in [2.05, 4.69) is 15.3 Å². The van der Waals surface area contributed by atoms with Crippen LogP contribution in [0.25, 0.3) is 0 Å². The molecule has 0 aliphatic heterocycles. The van der Waals surface area contributed by atoms with Crippen molar-refractivity contribution in [3.05, 3.63) is 41.7 Å². The van der Waals surface area contributed by atoms with Crippen molar-refractivity contribution in [1.29, 1.82) is 5.26 Å². The van der Waals surface area contributed by atoms with Gasteiger partial charge in [0.1, 0.15) is 6.07 Å². The van der Waals surface area contributed by atoms with Crippen LogP contribution in [0.15, 0.2) is 28.9 Å². The van der Waals surface area contributed by atoms with Crippen LogP contribution in [0.5, 0.6) is 0 Å². The third-order valence-electron chi connectivity index (χ3n) is 2.44. The second-order valence-corrected chi connectivity index (χ2v) is 3.86. The number of hydrogen-bond donors (Lipinski definition) is 1. The summed E-state index contributed by atoms with van der Waals surface area (Å²) in [6.45, 7) is 2.62. The quantitative estimate of drug-likeness (QED) is 0.871. The molecule has 0 saturated carbocycles. The molecule has 0 fully saturated rings. The first-order chi connectivity index (χ1) is 8.83. The van der Waals surface area contributed by atoms with E-state index in [1.807, 2.05) is 25.1 Å². The molecule has 0 bridgehead atoms. The summed E-state index contributed by atoms with van der Waals surface area (Å²) in [4.78, 5) is 8.07. The lowest BCUT2D eigenvalue weighted by molar-refractivity contribution is 0.501. The van der Waals surface area contributed by atoms with Crippen LogP contribution < -0.4 is 5.32 Å². The average molecular weight is 242 g/mol. The Morgan fingerprint density at radius 2 is 2.17 bits per heavy atom. The number of nitrogens with zero attached hydrogens (tertiary/aromatic N) is 3. The molecule has 5 heteroatoms. The summed E-state index contributed by atoms with van der Waals surface area (Å²) in [6.07, 6.45) is 5.14. The lowest BCUT2D eigenvalue weighted by Gasteiger charge is -2.02. The van der Waals surface area contributed by atoms with Gasteiger partial charge in [0.2, 0.25) is 11.6 Å². The predicted molar refractivity (Wildman–Crippen MR) is 66.8 cm³/mol. The molecule has 0 aliphatic carbocycles. The molecule has 0 radical (unpaired) electrons. The molecule has 0 aliphatic rings. The summed E-state index contributed by atoms with van der Waals surface area (Å²) >= 11 is 0. The van der Waals surface area contributed by atoms with Gasteiger partial charge in [0.15, 0.2) is 5.89 Å². The number of nitriles is 1. The molecule has 2 rings (SSSR count). The topological polar surface area (TPSA) is 74.7 Å². The Morgan fingerprint density at radius 1 is 1.39 bits per heavy atom. The first-order valence-electron chi connectivity index (χ1n) is 5.86. The van der Waals surface area contributed by atoms with E-state index in [9.17, 15) is 0 Å². The Balaban J connectivity index is 2.07. The SMILES string of the molecule is CCCc1nc(C#N)c(NCc2ccncc2)o1. The van der Waals surface area contributed by atoms with Crippen LogP contribution in [0.1, 0.15) is 30.5 Å². The Bertz CT molecular complexity index is 542. The molecule has 18 heavy (non-hydrogen) atoms. The fourth-order valence-electron chi connectivity index (χ4n) is 1.56. The first-order valence-corrected chi connectivity index (χ1v) is 5.86. The summed E-state index contributed by atoms with van der Waals surface area (Å²) in [6, 6.07) is 5.84. The Hall–Kier alpha value is -2.35. The Labute approximate surface area is 105 Å². The number of aromatic nitrogens is 2. The fraction of sp³-hybridized carbons (Fsp3) is 0.308. The maximum absolute atomic E-state index is 8.97. The zero-order valence-electron chi connectivity index (χ0n) is 10.2. The van der Waals surface area contributed by atoms with Crippen molar-refractivity contribution in [2.45, 2.75) is 26.3 Å². The van der Waals surface area contributed by atoms with Gasteiger partial charge in [0.05, 0.1) is 0 Å². The summed E-state index contributed by atoms with van der Waals surface area (Å²) in [7, 11) is 0. The predicted octanol–water partition coefficient (Wildman–Crippen LogP) is 2.51. The third-order valence-corrected chi connectivity index (χ3v) is 2.44. The minimum absolute atomic E-state index is 0.313. The highest BCUT2D eigenvalue weighted by molar-refractivity contribution is 5.45.